The quantitative estimate of drug-likeness (QED) is 0.0178. The average Bonchev–Trinajstić information content (AvgIpc) is 0.738. The summed E-state index contributed by atoms with van der Waals surface area (Å²) in [7, 11) is -3.16. The Balaban J connectivity index is 0.000000162. The van der Waals surface area contributed by atoms with Gasteiger partial charge in [-0.3, -0.25) is 19.2 Å². The highest BCUT2D eigenvalue weighted by atomic mass is 32.2. The Bertz CT molecular complexity index is 6550. The maximum Gasteiger partial charge on any atom is 0.534 e. The van der Waals surface area contributed by atoms with Crippen LogP contribution < -0.4 is 65.9 Å². The van der Waals surface area contributed by atoms with Gasteiger partial charge in [-0.2, -0.15) is 21.6 Å². The van der Waals surface area contributed by atoms with Gasteiger partial charge in [0.25, 0.3) is 5.56 Å². The Morgan fingerprint density at radius 3 is 1.17 bits per heavy atom. The van der Waals surface area contributed by atoms with Crippen molar-refractivity contribution in [3.63, 3.8) is 0 Å². The van der Waals surface area contributed by atoms with Gasteiger partial charge in [-0.05, 0) is 81.8 Å². The fourth-order valence-electron chi connectivity index (χ4n) is 12.0. The van der Waals surface area contributed by atoms with E-state index in [1.165, 1.54) is 50.7 Å². The number of methoxy groups -OCH3 is 2. The zero-order valence-corrected chi connectivity index (χ0v) is 68.6. The van der Waals surface area contributed by atoms with E-state index in [-0.39, 0.29) is 92.0 Å². The van der Waals surface area contributed by atoms with Crippen molar-refractivity contribution >= 4 is 83.5 Å². The second kappa shape index (κ2) is 41.0. The number of aromatic hydroxyl groups is 1. The Hall–Kier alpha value is -15.5. The van der Waals surface area contributed by atoms with Crippen LogP contribution in [0.3, 0.4) is 0 Å². The summed E-state index contributed by atoms with van der Waals surface area (Å²) in [4.78, 5) is 154. The van der Waals surface area contributed by atoms with Gasteiger partial charge in [0.1, 0.15) is 57.5 Å². The normalized spacial score (nSPS) is 11.0. The Labute approximate surface area is 702 Å². The van der Waals surface area contributed by atoms with Crippen LogP contribution in [0.1, 0.15) is 108 Å². The molecule has 14 rings (SSSR count). The molecule has 0 saturated heterocycles. The van der Waals surface area contributed by atoms with Crippen LogP contribution in [0, 0.1) is 27.7 Å². The smallest absolute Gasteiger partial charge is 0.506 e. The lowest BCUT2D eigenvalue weighted by Crippen LogP contribution is -2.35. The van der Waals surface area contributed by atoms with E-state index in [0.29, 0.717) is 56.7 Å². The number of nitrogens with one attached hydrogen (secondary N) is 2. The maximum absolute atomic E-state index is 13.6. The maximum atomic E-state index is 13.6. The monoisotopic (exact) mass is 1720 g/mol. The highest BCUT2D eigenvalue weighted by Gasteiger charge is 2.50. The molecule has 642 valence electrons. The van der Waals surface area contributed by atoms with Crippen molar-refractivity contribution in [1.82, 2.24) is 68.8 Å². The van der Waals surface area contributed by atoms with E-state index in [0.717, 1.165) is 54.7 Å². The summed E-state index contributed by atoms with van der Waals surface area (Å²) >= 11 is 0. The van der Waals surface area contributed by atoms with Crippen molar-refractivity contribution in [2.75, 3.05) is 44.7 Å². The van der Waals surface area contributed by atoms with Gasteiger partial charge in [0.05, 0.1) is 89.7 Å². The molecular weight excluding hydrogens is 1640 g/mol. The molecule has 0 radical (unpaired) electrons. The van der Waals surface area contributed by atoms with E-state index in [1.54, 1.807) is 89.7 Å². The van der Waals surface area contributed by atoms with Crippen molar-refractivity contribution in [3.05, 3.63) is 304 Å². The Morgan fingerprint density at radius 1 is 0.419 bits per heavy atom. The number of carbonyl (C=O) groups is 3. The number of ether oxygens (including phenoxy) is 5. The first-order chi connectivity index (χ1) is 59.7. The van der Waals surface area contributed by atoms with Crippen LogP contribution in [0.25, 0.3) is 44.1 Å². The van der Waals surface area contributed by atoms with Crippen molar-refractivity contribution in [2.45, 2.75) is 93.5 Å². The topological polar surface area (TPSA) is 439 Å². The zero-order chi connectivity index (χ0) is 88.8. The molecule has 3 N–H and O–H groups in total. The van der Waals surface area contributed by atoms with E-state index in [9.17, 15) is 60.3 Å². The number of aromatic nitrogens is 14. The van der Waals surface area contributed by atoms with Crippen molar-refractivity contribution in [1.29, 1.82) is 0 Å². The molecule has 0 spiro atoms. The summed E-state index contributed by atoms with van der Waals surface area (Å²) in [5, 5.41) is 17.9. The third-order valence-corrected chi connectivity index (χ3v) is 18.8. The second-order valence-corrected chi connectivity index (χ2v) is 27.6. The molecule has 0 atom stereocenters. The summed E-state index contributed by atoms with van der Waals surface area (Å²) in [6, 6.07) is 45.5. The predicted octanol–water partition coefficient (Wildman–Crippen LogP) is 9.41. The molecule has 0 aliphatic carbocycles. The van der Waals surface area contributed by atoms with Gasteiger partial charge in [0, 0.05) is 43.7 Å². The van der Waals surface area contributed by atoms with Crippen LogP contribution in [0.4, 0.5) is 24.5 Å². The number of anilines is 2. The summed E-state index contributed by atoms with van der Waals surface area (Å²) in [5.74, 6) is -3.81. The van der Waals surface area contributed by atoms with Gasteiger partial charge < -0.3 is 63.0 Å². The number of hydrogen-bond acceptors (Lipinski definition) is 32. The molecular formula is C84H79F3N16O20S. The number of aryl methyl sites for hydroxylation is 4. The summed E-state index contributed by atoms with van der Waals surface area (Å²) in [5.41, 5.74) is -2.98. The number of nitrogens with zero attached hydrogens (tertiary/aromatic N) is 14. The standard InChI is InChI=1S/C25H25N5O5.C22H21N5O3.C19H16F3N3O7S.C18H17N3O5/c1-4-34-25(32)21-22(27-13-18-10-11-19(33-3)26-12-18)20-16(2)28-15-29-23(20)30(24(21)31)35-14-17-8-6-5-7-9-17;1-15-21-18(23-11-17-8-9-19(29-2)24-12-17)10-20(28)27(22(21)26-14-25-15)30-13-16-6-4-3-5-7-16;1-3-30-18(27)14-15(32-33(28,29)19(20,21)22)13-11(2)23-10-24-16(13)25(17(14)26)31-9-12-7-5-4-6-8-12;1-3-25-18(24)14-15(22)13-11(2)19-10-20-16(13)21(17(14)23)26-9-12-7-5-4-6-8-12/h5-12,15,27H,4,13-14H2,1-3H3;3-10,12,14,23H,11,13H2,1-2H3;4-8,10H,3,9H2,1-2H3;4-8,10,22H,3,9H2,1-2H3. The molecule has 0 aliphatic heterocycles. The number of rotatable bonds is 28. The van der Waals surface area contributed by atoms with Crippen LogP contribution in [0.2, 0.25) is 0 Å². The van der Waals surface area contributed by atoms with Crippen molar-refractivity contribution < 1.29 is 88.3 Å². The SMILES string of the molecule is CCOC(=O)c1c(NCc2ccc(OC)nc2)c2c(C)ncnc2n(OCc2ccccc2)c1=O.CCOC(=O)c1c(O)c2c(C)ncnc2n(OCc2ccccc2)c1=O.CCOC(=O)c1c(OS(=O)(=O)C(F)(F)F)c2c(C)ncnc2n(OCc2ccccc2)c1=O.COc1ccc(CNc2cc(=O)n(OCc3ccccc3)c3ncnc(C)c23)cn1. The lowest BCUT2D eigenvalue weighted by molar-refractivity contribution is -0.0500. The van der Waals surface area contributed by atoms with Crippen LogP contribution in [-0.2, 0) is 63.8 Å². The minimum atomic E-state index is -6.27. The van der Waals surface area contributed by atoms with Gasteiger partial charge in [0.15, 0.2) is 45.0 Å². The molecule has 0 aliphatic rings. The molecule has 0 amide bonds. The van der Waals surface area contributed by atoms with E-state index >= 15 is 0 Å². The molecule has 0 bridgehead atoms. The van der Waals surface area contributed by atoms with Gasteiger partial charge in [-0.25, -0.2) is 64.2 Å². The fourth-order valence-corrected chi connectivity index (χ4v) is 12.4. The Morgan fingerprint density at radius 2 is 0.766 bits per heavy atom. The molecule has 4 aromatic carbocycles. The molecule has 0 fully saturated rings. The molecule has 10 aromatic heterocycles. The number of benzene rings is 4. The second-order valence-electron chi connectivity index (χ2n) is 26.1. The van der Waals surface area contributed by atoms with Crippen LogP contribution >= 0.6 is 0 Å². The molecule has 36 nitrogen and oxygen atoms in total. The number of alkyl halides is 3. The Kier molecular flexibility index (Phi) is 29.5. The summed E-state index contributed by atoms with van der Waals surface area (Å²) in [6.45, 7) is 12.1. The number of halogens is 3. The lowest BCUT2D eigenvalue weighted by atomic mass is 10.1. The van der Waals surface area contributed by atoms with Gasteiger partial charge in [0.2, 0.25) is 11.8 Å². The van der Waals surface area contributed by atoms with E-state index in [4.69, 9.17) is 43.0 Å². The van der Waals surface area contributed by atoms with E-state index in [1.807, 2.05) is 110 Å². The molecule has 0 unspecified atom stereocenters. The summed E-state index contributed by atoms with van der Waals surface area (Å²) < 4.78 is 95.5. The van der Waals surface area contributed by atoms with Crippen LogP contribution in [-0.4, -0.2) is 140 Å². The number of esters is 3. The zero-order valence-electron chi connectivity index (χ0n) is 67.8. The van der Waals surface area contributed by atoms with Crippen molar-refractivity contribution in [2.24, 2.45) is 0 Å². The highest BCUT2D eigenvalue weighted by molar-refractivity contribution is 7.88. The molecule has 0 saturated carbocycles. The number of fused-ring (bicyclic) bond motifs is 4. The average molecular weight is 1720 g/mol. The van der Waals surface area contributed by atoms with Crippen molar-refractivity contribution in [3.8, 4) is 23.3 Å². The first kappa shape index (κ1) is 89.3. The van der Waals surface area contributed by atoms with Gasteiger partial charge in [-0.1, -0.05) is 133 Å². The number of hydrogen-bond donors (Lipinski definition) is 3. The predicted molar refractivity (Wildman–Crippen MR) is 442 cm³/mol. The highest BCUT2D eigenvalue weighted by Crippen LogP contribution is 2.36. The summed E-state index contributed by atoms with van der Waals surface area (Å²) in [6.07, 6.45) is 8.37. The third kappa shape index (κ3) is 21.0. The first-order valence-electron chi connectivity index (χ1n) is 37.6. The molecule has 124 heavy (non-hydrogen) atoms. The lowest BCUT2D eigenvalue weighted by Gasteiger charge is -2.18. The third-order valence-electron chi connectivity index (χ3n) is 17.9. The van der Waals surface area contributed by atoms with Gasteiger partial charge >= 0.3 is 50.2 Å². The van der Waals surface area contributed by atoms with Gasteiger partial charge in [-0.15, -0.1) is 18.9 Å². The molecule has 40 heteroatoms. The number of pyridine rings is 6. The van der Waals surface area contributed by atoms with E-state index < -0.39 is 83.9 Å². The number of carbonyl (C=O) groups excluding carboxylic acids is 3. The largest absolute Gasteiger partial charge is 0.534 e. The molecule has 14 aromatic rings. The van der Waals surface area contributed by atoms with E-state index in [2.05, 4.69) is 64.7 Å². The first-order valence-corrected chi connectivity index (χ1v) is 39.0. The van der Waals surface area contributed by atoms with Crippen LogP contribution in [0.15, 0.2) is 209 Å². The minimum absolute atomic E-state index is 0.0604. The minimum Gasteiger partial charge on any atom is -0.506 e. The van der Waals surface area contributed by atoms with Crippen LogP contribution in [0.5, 0.6) is 23.3 Å². The fraction of sp³-hybridized carbons (Fsp3) is 0.226. The molecule has 10 heterocycles.